The summed E-state index contributed by atoms with van der Waals surface area (Å²) < 4.78 is 7.05. The van der Waals surface area contributed by atoms with Gasteiger partial charge in [0.05, 0.1) is 18.6 Å². The second-order valence-corrected chi connectivity index (χ2v) is 8.12. The molecule has 1 aromatic heterocycles. The molecule has 0 spiro atoms. The summed E-state index contributed by atoms with van der Waals surface area (Å²) in [5, 5.41) is 12.1. The Morgan fingerprint density at radius 2 is 1.79 bits per heavy atom. The monoisotopic (exact) mass is 414 g/mol. The fourth-order valence-corrected chi connectivity index (χ4v) is 3.99. The maximum absolute atomic E-state index is 12.2. The van der Waals surface area contributed by atoms with Crippen molar-refractivity contribution in [1.82, 2.24) is 14.8 Å². The van der Waals surface area contributed by atoms with E-state index in [1.54, 1.807) is 18.9 Å². The Labute approximate surface area is 173 Å². The molecule has 0 aliphatic rings. The van der Waals surface area contributed by atoms with E-state index in [4.69, 9.17) is 4.74 Å². The average molecular weight is 415 g/mol. The van der Waals surface area contributed by atoms with Crippen molar-refractivity contribution in [2.75, 3.05) is 18.2 Å². The van der Waals surface area contributed by atoms with Crippen molar-refractivity contribution in [2.45, 2.75) is 22.7 Å². The van der Waals surface area contributed by atoms with Crippen LogP contribution in [0.5, 0.6) is 5.75 Å². The summed E-state index contributed by atoms with van der Waals surface area (Å²) in [4.78, 5) is 13.4. The maximum Gasteiger partial charge on any atom is 0.234 e. The quantitative estimate of drug-likeness (QED) is 0.558. The number of rotatable bonds is 8. The molecule has 0 bridgehead atoms. The summed E-state index contributed by atoms with van der Waals surface area (Å²) in [5.41, 5.74) is 1.98. The Bertz CT molecular complexity index is 924. The summed E-state index contributed by atoms with van der Waals surface area (Å²) in [6, 6.07) is 15.6. The van der Waals surface area contributed by atoms with Crippen LogP contribution in [0.3, 0.4) is 0 Å². The number of amides is 1. The number of anilines is 1. The SMILES string of the molecule is COc1ccc(NC(=O)CSc2nnc(CSc3ccc(C)cc3)n2C)cc1. The highest BCUT2D eigenvalue weighted by atomic mass is 32.2. The Balaban J connectivity index is 1.50. The molecule has 0 saturated carbocycles. The summed E-state index contributed by atoms with van der Waals surface area (Å²) >= 11 is 3.09. The molecule has 0 aliphatic heterocycles. The third-order valence-electron chi connectivity index (χ3n) is 4.02. The number of carbonyl (C=O) groups is 1. The highest BCUT2D eigenvalue weighted by molar-refractivity contribution is 7.99. The van der Waals surface area contributed by atoms with Crippen LogP contribution in [0.2, 0.25) is 0 Å². The molecule has 8 heteroatoms. The number of thioether (sulfide) groups is 2. The van der Waals surface area contributed by atoms with Crippen LogP contribution in [0.15, 0.2) is 58.6 Å². The van der Waals surface area contributed by atoms with E-state index in [0.717, 1.165) is 28.2 Å². The fourth-order valence-electron chi connectivity index (χ4n) is 2.38. The van der Waals surface area contributed by atoms with Gasteiger partial charge in [0.2, 0.25) is 5.91 Å². The maximum atomic E-state index is 12.2. The van der Waals surface area contributed by atoms with Gasteiger partial charge in [-0.3, -0.25) is 4.79 Å². The number of aryl methyl sites for hydroxylation is 1. The lowest BCUT2D eigenvalue weighted by Crippen LogP contribution is -2.14. The van der Waals surface area contributed by atoms with Crippen LogP contribution in [0.4, 0.5) is 5.69 Å². The molecule has 0 radical (unpaired) electrons. The standard InChI is InChI=1S/C20H22N4O2S2/c1-14-4-10-17(11-5-14)27-12-18-22-23-20(24(18)2)28-13-19(25)21-15-6-8-16(26-3)9-7-15/h4-11H,12-13H2,1-3H3,(H,21,25). The molecule has 2 aromatic carbocycles. The third kappa shape index (κ3) is 5.53. The molecule has 1 N–H and O–H groups in total. The van der Waals surface area contributed by atoms with Crippen molar-refractivity contribution in [3.63, 3.8) is 0 Å². The molecule has 146 valence electrons. The van der Waals surface area contributed by atoms with Crippen LogP contribution in [0.1, 0.15) is 11.4 Å². The van der Waals surface area contributed by atoms with E-state index in [0.29, 0.717) is 0 Å². The zero-order valence-corrected chi connectivity index (χ0v) is 17.6. The molecule has 0 saturated heterocycles. The number of ether oxygens (including phenoxy) is 1. The molecule has 1 heterocycles. The molecular formula is C20H22N4O2S2. The van der Waals surface area contributed by atoms with E-state index in [-0.39, 0.29) is 11.7 Å². The van der Waals surface area contributed by atoms with Crippen LogP contribution < -0.4 is 10.1 Å². The molecule has 1 amide bonds. The molecule has 0 fully saturated rings. The molecule has 3 aromatic rings. The normalized spacial score (nSPS) is 10.7. The van der Waals surface area contributed by atoms with Crippen LogP contribution in [-0.4, -0.2) is 33.5 Å². The minimum absolute atomic E-state index is 0.0891. The average Bonchev–Trinajstić information content (AvgIpc) is 3.06. The molecule has 0 unspecified atom stereocenters. The van der Waals surface area contributed by atoms with Gasteiger partial charge < -0.3 is 14.6 Å². The van der Waals surface area contributed by atoms with Crippen molar-refractivity contribution < 1.29 is 9.53 Å². The smallest absolute Gasteiger partial charge is 0.234 e. The molecular weight excluding hydrogens is 392 g/mol. The first kappa shape index (κ1) is 20.3. The van der Waals surface area contributed by atoms with Gasteiger partial charge in [0, 0.05) is 17.6 Å². The lowest BCUT2D eigenvalue weighted by atomic mass is 10.2. The van der Waals surface area contributed by atoms with Gasteiger partial charge in [0.15, 0.2) is 5.16 Å². The van der Waals surface area contributed by atoms with Gasteiger partial charge in [-0.05, 0) is 43.3 Å². The number of carbonyl (C=O) groups excluding carboxylic acids is 1. The Morgan fingerprint density at radius 1 is 1.07 bits per heavy atom. The topological polar surface area (TPSA) is 69.0 Å². The first-order valence-electron chi connectivity index (χ1n) is 8.69. The van der Waals surface area contributed by atoms with Crippen molar-refractivity contribution >= 4 is 35.1 Å². The zero-order chi connectivity index (χ0) is 19.9. The van der Waals surface area contributed by atoms with E-state index < -0.39 is 0 Å². The van der Waals surface area contributed by atoms with Crippen LogP contribution in [0.25, 0.3) is 0 Å². The number of methoxy groups -OCH3 is 1. The molecule has 6 nitrogen and oxygen atoms in total. The van der Waals surface area contributed by atoms with Crippen LogP contribution in [-0.2, 0) is 17.6 Å². The van der Waals surface area contributed by atoms with Crippen molar-refractivity contribution in [3.8, 4) is 5.75 Å². The third-order valence-corrected chi connectivity index (χ3v) is 6.05. The van der Waals surface area contributed by atoms with E-state index in [1.807, 2.05) is 35.9 Å². The van der Waals surface area contributed by atoms with E-state index in [1.165, 1.54) is 22.2 Å². The molecule has 0 atom stereocenters. The lowest BCUT2D eigenvalue weighted by Gasteiger charge is -2.06. The predicted molar refractivity (Wildman–Crippen MR) is 114 cm³/mol. The van der Waals surface area contributed by atoms with Gasteiger partial charge in [-0.2, -0.15) is 0 Å². The largest absolute Gasteiger partial charge is 0.497 e. The van der Waals surface area contributed by atoms with Gasteiger partial charge in [-0.25, -0.2) is 0 Å². The highest BCUT2D eigenvalue weighted by Gasteiger charge is 2.12. The van der Waals surface area contributed by atoms with Gasteiger partial charge in [-0.15, -0.1) is 22.0 Å². The van der Waals surface area contributed by atoms with Gasteiger partial charge in [0.25, 0.3) is 0 Å². The summed E-state index contributed by atoms with van der Waals surface area (Å²) in [6.45, 7) is 2.07. The Morgan fingerprint density at radius 3 is 2.46 bits per heavy atom. The number of hydrogen-bond donors (Lipinski definition) is 1. The van der Waals surface area contributed by atoms with Gasteiger partial charge >= 0.3 is 0 Å². The predicted octanol–water partition coefficient (Wildman–Crippen LogP) is 4.16. The van der Waals surface area contributed by atoms with Crippen LogP contribution >= 0.6 is 23.5 Å². The minimum Gasteiger partial charge on any atom is -0.497 e. The number of nitrogens with zero attached hydrogens (tertiary/aromatic N) is 3. The summed E-state index contributed by atoms with van der Waals surface area (Å²) in [7, 11) is 3.54. The van der Waals surface area contributed by atoms with Gasteiger partial charge in [-0.1, -0.05) is 29.5 Å². The molecule has 3 rings (SSSR count). The van der Waals surface area contributed by atoms with Crippen molar-refractivity contribution in [3.05, 3.63) is 59.9 Å². The van der Waals surface area contributed by atoms with E-state index in [9.17, 15) is 4.79 Å². The highest BCUT2D eigenvalue weighted by Crippen LogP contribution is 2.24. The van der Waals surface area contributed by atoms with Crippen molar-refractivity contribution in [1.29, 1.82) is 0 Å². The van der Waals surface area contributed by atoms with Crippen LogP contribution in [0, 0.1) is 6.92 Å². The second kappa shape index (κ2) is 9.66. The van der Waals surface area contributed by atoms with Gasteiger partial charge in [0.1, 0.15) is 11.6 Å². The molecule has 0 aliphatic carbocycles. The lowest BCUT2D eigenvalue weighted by molar-refractivity contribution is -0.113. The van der Waals surface area contributed by atoms with E-state index >= 15 is 0 Å². The fraction of sp³-hybridized carbons (Fsp3) is 0.250. The first-order chi connectivity index (χ1) is 13.5. The molecule has 28 heavy (non-hydrogen) atoms. The number of hydrogen-bond acceptors (Lipinski definition) is 6. The first-order valence-corrected chi connectivity index (χ1v) is 10.7. The summed E-state index contributed by atoms with van der Waals surface area (Å²) in [6.07, 6.45) is 0. The number of benzene rings is 2. The Kier molecular flexibility index (Phi) is 7.00. The van der Waals surface area contributed by atoms with Crippen molar-refractivity contribution in [2.24, 2.45) is 7.05 Å². The zero-order valence-electron chi connectivity index (χ0n) is 16.0. The van der Waals surface area contributed by atoms with E-state index in [2.05, 4.69) is 46.7 Å². The summed E-state index contributed by atoms with van der Waals surface area (Å²) in [5.74, 6) is 2.54. The second-order valence-electron chi connectivity index (χ2n) is 6.12. The number of nitrogens with one attached hydrogen (secondary N) is 1. The Hall–Kier alpha value is -2.45. The number of aromatic nitrogens is 3. The minimum atomic E-state index is -0.0891.